The molecule has 4 bridgehead atoms. The number of carbonyl (C=O) groups is 2. The van der Waals surface area contributed by atoms with Crippen molar-refractivity contribution in [2.45, 2.75) is 52.1 Å². The van der Waals surface area contributed by atoms with Gasteiger partial charge in [0.15, 0.2) is 15.8 Å². The number of hydrogen-bond acceptors (Lipinski definition) is 8. The minimum atomic E-state index is -0.446. The predicted molar refractivity (Wildman–Crippen MR) is 166 cm³/mol. The van der Waals surface area contributed by atoms with Gasteiger partial charge >= 0.3 is 0 Å². The lowest BCUT2D eigenvalue weighted by Gasteiger charge is -2.55. The summed E-state index contributed by atoms with van der Waals surface area (Å²) in [6.45, 7) is 2.43. The Balaban J connectivity index is 1.16. The molecule has 2 aromatic carbocycles. The maximum absolute atomic E-state index is 13.6. The van der Waals surface area contributed by atoms with E-state index in [1.807, 2.05) is 13.0 Å². The van der Waals surface area contributed by atoms with Gasteiger partial charge in [0.05, 0.1) is 26.3 Å². The van der Waals surface area contributed by atoms with Crippen LogP contribution in [0.5, 0.6) is 11.5 Å². The molecule has 5 aliphatic rings. The number of ether oxygens (including phenoxy) is 2. The Kier molecular flexibility index (Phi) is 8.05. The summed E-state index contributed by atoms with van der Waals surface area (Å²) in [6.07, 6.45) is 8.14. The average Bonchev–Trinajstić information content (AvgIpc) is 3.19. The molecule has 1 saturated heterocycles. The van der Waals surface area contributed by atoms with Crippen LogP contribution in [0, 0.1) is 33.3 Å². The number of nitrogens with zero attached hydrogens (tertiary/aromatic N) is 2. The molecule has 1 heterocycles. The van der Waals surface area contributed by atoms with Crippen molar-refractivity contribution in [1.82, 2.24) is 10.4 Å². The Morgan fingerprint density at radius 2 is 1.81 bits per heavy atom. The van der Waals surface area contributed by atoms with Gasteiger partial charge in [-0.2, -0.15) is 5.01 Å². The number of carbonyl (C=O) groups excluding carboxylic acids is 2. The van der Waals surface area contributed by atoms with Gasteiger partial charge in [-0.15, -0.1) is 0 Å². The third-order valence-electron chi connectivity index (χ3n) is 8.69. The SMILES string of the molecule is CCOc1cc(/C=C2/SC(=S)N(NC(=O)C34CC5CC(CC(C5)C3)C4)C2=O)cc(Br)c1OCc1ccc([N+](=O)[O-])cc1. The summed E-state index contributed by atoms with van der Waals surface area (Å²) in [4.78, 5) is 37.8. The van der Waals surface area contributed by atoms with E-state index in [0.717, 1.165) is 36.6 Å². The van der Waals surface area contributed by atoms with Crippen LogP contribution in [0.2, 0.25) is 0 Å². The van der Waals surface area contributed by atoms with Gasteiger partial charge in [0, 0.05) is 12.1 Å². The maximum Gasteiger partial charge on any atom is 0.285 e. The number of nitro groups is 1. The zero-order chi connectivity index (χ0) is 29.6. The summed E-state index contributed by atoms with van der Waals surface area (Å²) in [5.41, 5.74) is 3.98. The summed E-state index contributed by atoms with van der Waals surface area (Å²) in [5, 5.41) is 12.2. The van der Waals surface area contributed by atoms with Crippen molar-refractivity contribution in [3.8, 4) is 11.5 Å². The van der Waals surface area contributed by atoms with E-state index in [1.165, 1.54) is 36.4 Å². The van der Waals surface area contributed by atoms with Crippen molar-refractivity contribution >= 4 is 67.8 Å². The lowest BCUT2D eigenvalue weighted by molar-refractivity contribution is -0.384. The zero-order valence-corrected chi connectivity index (χ0v) is 26.2. The smallest absolute Gasteiger partial charge is 0.285 e. The number of rotatable bonds is 9. The fourth-order valence-electron chi connectivity index (χ4n) is 7.27. The quantitative estimate of drug-likeness (QED) is 0.134. The van der Waals surface area contributed by atoms with Gasteiger partial charge in [0.1, 0.15) is 6.61 Å². The molecular formula is C30H30BrN3O6S2. The van der Waals surface area contributed by atoms with E-state index >= 15 is 0 Å². The molecule has 0 radical (unpaired) electrons. The molecule has 7 rings (SSSR count). The minimum absolute atomic E-state index is 0.0111. The van der Waals surface area contributed by atoms with Gasteiger partial charge in [-0.1, -0.05) is 11.8 Å². The van der Waals surface area contributed by atoms with E-state index in [1.54, 1.807) is 24.3 Å². The highest BCUT2D eigenvalue weighted by atomic mass is 79.9. The monoisotopic (exact) mass is 671 g/mol. The Hall–Kier alpha value is -2.96. The standard InChI is InChI=1S/C30H30BrN3O6S2/c1-2-39-24-11-18(10-23(31)26(24)40-16-17-3-5-22(6-4-17)34(37)38)12-25-27(35)33(29(41)42-25)32-28(36)30-13-19-7-20(14-30)9-21(8-19)15-30/h3-6,10-12,19-21H,2,7-9,13-16H2,1H3,(H,32,36)/b25-12+. The lowest BCUT2D eigenvalue weighted by Crippen LogP contribution is -2.57. The zero-order valence-electron chi connectivity index (χ0n) is 23.0. The molecule has 2 amide bonds. The lowest BCUT2D eigenvalue weighted by atomic mass is 9.49. The second-order valence-corrected chi connectivity index (χ2v) is 14.2. The van der Waals surface area contributed by atoms with E-state index < -0.39 is 4.92 Å². The first-order valence-electron chi connectivity index (χ1n) is 14.1. The van der Waals surface area contributed by atoms with Crippen molar-refractivity contribution in [2.75, 3.05) is 6.61 Å². The second kappa shape index (κ2) is 11.6. The number of non-ortho nitro benzene ring substituents is 1. The molecule has 220 valence electrons. The number of benzene rings is 2. The first-order chi connectivity index (χ1) is 20.1. The predicted octanol–water partition coefficient (Wildman–Crippen LogP) is 6.78. The Labute approximate surface area is 261 Å². The Morgan fingerprint density at radius 3 is 2.40 bits per heavy atom. The molecule has 0 unspecified atom stereocenters. The van der Waals surface area contributed by atoms with Gasteiger partial charge in [-0.3, -0.25) is 25.1 Å². The largest absolute Gasteiger partial charge is 0.490 e. The number of nitrogens with one attached hydrogen (secondary N) is 1. The van der Waals surface area contributed by atoms with Crippen molar-refractivity contribution in [3.05, 3.63) is 67.0 Å². The third kappa shape index (κ3) is 5.68. The summed E-state index contributed by atoms with van der Waals surface area (Å²) in [6, 6.07) is 9.74. The molecule has 4 saturated carbocycles. The van der Waals surface area contributed by atoms with E-state index in [9.17, 15) is 19.7 Å². The van der Waals surface area contributed by atoms with E-state index in [-0.39, 0.29) is 29.5 Å². The maximum atomic E-state index is 13.6. The molecule has 5 fully saturated rings. The third-order valence-corrected chi connectivity index (χ3v) is 10.6. The van der Waals surface area contributed by atoms with Gasteiger partial charge in [0.2, 0.25) is 5.91 Å². The van der Waals surface area contributed by atoms with Gasteiger partial charge in [-0.05, 0) is 133 Å². The van der Waals surface area contributed by atoms with E-state index in [2.05, 4.69) is 21.4 Å². The number of halogens is 1. The fourth-order valence-corrected chi connectivity index (χ4v) is 9.02. The molecule has 1 N–H and O–H groups in total. The number of hydrazine groups is 1. The topological polar surface area (TPSA) is 111 Å². The van der Waals surface area contributed by atoms with Crippen molar-refractivity contribution in [2.24, 2.45) is 23.2 Å². The molecule has 42 heavy (non-hydrogen) atoms. The highest BCUT2D eigenvalue weighted by Gasteiger charge is 2.55. The van der Waals surface area contributed by atoms with Crippen LogP contribution >= 0.6 is 39.9 Å². The van der Waals surface area contributed by atoms with Gasteiger partial charge in [0.25, 0.3) is 11.6 Å². The molecule has 9 nitrogen and oxygen atoms in total. The molecule has 4 aliphatic carbocycles. The summed E-state index contributed by atoms with van der Waals surface area (Å²) < 4.78 is 12.8. The van der Waals surface area contributed by atoms with Crippen LogP contribution in [0.25, 0.3) is 6.08 Å². The molecule has 0 atom stereocenters. The fraction of sp³-hybridized carbons (Fsp3) is 0.433. The van der Waals surface area contributed by atoms with Crippen molar-refractivity contribution < 1.29 is 24.0 Å². The summed E-state index contributed by atoms with van der Waals surface area (Å²) in [5.74, 6) is 2.38. The van der Waals surface area contributed by atoms with Crippen LogP contribution in [0.4, 0.5) is 5.69 Å². The van der Waals surface area contributed by atoms with Crippen molar-refractivity contribution in [3.63, 3.8) is 0 Å². The highest BCUT2D eigenvalue weighted by Crippen LogP contribution is 2.60. The van der Waals surface area contributed by atoms with Crippen LogP contribution in [-0.4, -0.2) is 32.7 Å². The molecule has 0 spiro atoms. The number of nitro benzene ring substituents is 1. The molecule has 12 heteroatoms. The van der Waals surface area contributed by atoms with Crippen LogP contribution in [0.15, 0.2) is 45.8 Å². The number of thioether (sulfide) groups is 1. The number of hydrogen-bond donors (Lipinski definition) is 1. The molecule has 2 aromatic rings. The Morgan fingerprint density at radius 1 is 1.17 bits per heavy atom. The van der Waals surface area contributed by atoms with Crippen LogP contribution in [0.1, 0.15) is 56.6 Å². The van der Waals surface area contributed by atoms with E-state index in [0.29, 0.717) is 55.1 Å². The number of amides is 2. The molecule has 1 aliphatic heterocycles. The van der Waals surface area contributed by atoms with Crippen molar-refractivity contribution in [1.29, 1.82) is 0 Å². The minimum Gasteiger partial charge on any atom is -0.490 e. The second-order valence-electron chi connectivity index (χ2n) is 11.6. The van der Waals surface area contributed by atoms with Gasteiger partial charge in [-0.25, -0.2) is 0 Å². The first-order valence-corrected chi connectivity index (χ1v) is 16.1. The molecular weight excluding hydrogens is 642 g/mol. The average molecular weight is 673 g/mol. The van der Waals surface area contributed by atoms with E-state index in [4.69, 9.17) is 21.7 Å². The summed E-state index contributed by atoms with van der Waals surface area (Å²) in [7, 11) is 0. The normalized spacial score (nSPS) is 27.0. The van der Waals surface area contributed by atoms with Crippen LogP contribution in [-0.2, 0) is 16.2 Å². The Bertz CT molecular complexity index is 1460. The number of thiocarbonyl (C=S) groups is 1. The molecule has 0 aromatic heterocycles. The first kappa shape index (κ1) is 29.1. The van der Waals surface area contributed by atoms with Crippen LogP contribution in [0.3, 0.4) is 0 Å². The van der Waals surface area contributed by atoms with Gasteiger partial charge < -0.3 is 9.47 Å². The van der Waals surface area contributed by atoms with Crippen LogP contribution < -0.4 is 14.9 Å². The highest BCUT2D eigenvalue weighted by molar-refractivity contribution is 9.10. The summed E-state index contributed by atoms with van der Waals surface area (Å²) >= 11 is 10.2.